The fourth-order valence-corrected chi connectivity index (χ4v) is 5.61. The number of likely N-dealkylation sites (tertiary alicyclic amines) is 1. The van der Waals surface area contributed by atoms with Crippen molar-refractivity contribution in [2.75, 3.05) is 49.0 Å². The van der Waals surface area contributed by atoms with E-state index in [2.05, 4.69) is 32.6 Å². The normalized spacial score (nSPS) is 19.4. The standard InChI is InChI=1S/C27H38N8O2/c1-5-34-27(37)33(4)23-17-28-26(31-24(23)35(34)21-8-6-7-9-21)30-22-11-10-19(16-18(22)2)25(36)29-20-12-14-32(3)15-13-20/h10-11,16-17,20-21H,5-9,12-15H2,1-4H3,(H,29,36)(H,28,30,31). The van der Waals surface area contributed by atoms with Crippen LogP contribution in [-0.2, 0) is 0 Å². The zero-order valence-electron chi connectivity index (χ0n) is 22.3. The van der Waals surface area contributed by atoms with Crippen molar-refractivity contribution in [3.8, 4) is 0 Å². The average Bonchev–Trinajstić information content (AvgIpc) is 3.43. The molecule has 1 aromatic heterocycles. The van der Waals surface area contributed by atoms with Crippen LogP contribution in [0.15, 0.2) is 24.4 Å². The second-order valence-electron chi connectivity index (χ2n) is 10.4. The molecule has 2 aliphatic heterocycles. The van der Waals surface area contributed by atoms with Gasteiger partial charge in [-0.2, -0.15) is 4.98 Å². The molecular formula is C27H38N8O2. The molecule has 10 heteroatoms. The molecule has 1 saturated carbocycles. The number of anilines is 4. The van der Waals surface area contributed by atoms with E-state index in [0.29, 0.717) is 23.7 Å². The lowest BCUT2D eigenvalue weighted by molar-refractivity contribution is 0.0916. The number of benzene rings is 1. The molecule has 1 aliphatic carbocycles. The van der Waals surface area contributed by atoms with E-state index in [-0.39, 0.29) is 24.0 Å². The van der Waals surface area contributed by atoms with Gasteiger partial charge in [0.15, 0.2) is 5.82 Å². The highest BCUT2D eigenvalue weighted by Crippen LogP contribution is 2.39. The lowest BCUT2D eigenvalue weighted by Crippen LogP contribution is -2.59. The number of nitrogens with zero attached hydrogens (tertiary/aromatic N) is 6. The first-order chi connectivity index (χ1) is 17.9. The largest absolute Gasteiger partial charge is 0.349 e. The zero-order valence-corrected chi connectivity index (χ0v) is 22.3. The van der Waals surface area contributed by atoms with E-state index >= 15 is 0 Å². The molecule has 3 heterocycles. The number of fused-ring (bicyclic) bond motifs is 1. The Balaban J connectivity index is 1.35. The van der Waals surface area contributed by atoms with Gasteiger partial charge < -0.3 is 15.5 Å². The van der Waals surface area contributed by atoms with Crippen LogP contribution in [0.4, 0.5) is 27.9 Å². The van der Waals surface area contributed by atoms with Gasteiger partial charge in [0.1, 0.15) is 5.69 Å². The topological polar surface area (TPSA) is 96.9 Å². The summed E-state index contributed by atoms with van der Waals surface area (Å²) in [6.07, 6.45) is 8.07. The number of carbonyl (C=O) groups excluding carboxylic acids is 2. The van der Waals surface area contributed by atoms with Crippen LogP contribution in [0.2, 0.25) is 0 Å². The molecule has 0 unspecified atom stereocenters. The van der Waals surface area contributed by atoms with E-state index in [0.717, 1.165) is 68.7 Å². The molecule has 10 nitrogen and oxygen atoms in total. The first-order valence-electron chi connectivity index (χ1n) is 13.4. The maximum Gasteiger partial charge on any atom is 0.343 e. The second kappa shape index (κ2) is 10.5. The molecule has 5 rings (SSSR count). The van der Waals surface area contributed by atoms with E-state index in [9.17, 15) is 9.59 Å². The summed E-state index contributed by atoms with van der Waals surface area (Å²) in [5.41, 5.74) is 3.15. The molecule has 198 valence electrons. The fraction of sp³-hybridized carbons (Fsp3) is 0.556. The Bertz CT molecular complexity index is 1160. The molecule has 2 N–H and O–H groups in total. The first-order valence-corrected chi connectivity index (χ1v) is 13.4. The van der Waals surface area contributed by atoms with E-state index in [4.69, 9.17) is 4.98 Å². The van der Waals surface area contributed by atoms with Crippen molar-refractivity contribution >= 4 is 35.1 Å². The van der Waals surface area contributed by atoms with Crippen LogP contribution in [0.5, 0.6) is 0 Å². The quantitative estimate of drug-likeness (QED) is 0.613. The van der Waals surface area contributed by atoms with Gasteiger partial charge in [-0.05, 0) is 83.4 Å². The number of aryl methyl sites for hydroxylation is 1. The highest BCUT2D eigenvalue weighted by molar-refractivity contribution is 5.99. The Labute approximate surface area is 219 Å². The van der Waals surface area contributed by atoms with Crippen LogP contribution in [0.3, 0.4) is 0 Å². The summed E-state index contributed by atoms with van der Waals surface area (Å²) in [5.74, 6) is 1.18. The van der Waals surface area contributed by atoms with Gasteiger partial charge in [0.2, 0.25) is 5.95 Å². The Morgan fingerprint density at radius 3 is 2.51 bits per heavy atom. The van der Waals surface area contributed by atoms with Crippen molar-refractivity contribution in [2.24, 2.45) is 0 Å². The molecule has 1 aromatic carbocycles. The summed E-state index contributed by atoms with van der Waals surface area (Å²) >= 11 is 0. The number of hydrogen-bond donors (Lipinski definition) is 2. The lowest BCUT2D eigenvalue weighted by Gasteiger charge is -2.45. The van der Waals surface area contributed by atoms with Gasteiger partial charge in [0.25, 0.3) is 5.91 Å². The van der Waals surface area contributed by atoms with E-state index < -0.39 is 0 Å². The van der Waals surface area contributed by atoms with Crippen LogP contribution < -0.4 is 20.5 Å². The summed E-state index contributed by atoms with van der Waals surface area (Å²) in [7, 11) is 3.88. The van der Waals surface area contributed by atoms with E-state index in [1.165, 1.54) is 0 Å². The molecule has 3 aliphatic rings. The van der Waals surface area contributed by atoms with Gasteiger partial charge in [-0.3, -0.25) is 14.7 Å². The number of carbonyl (C=O) groups is 2. The predicted octanol–water partition coefficient (Wildman–Crippen LogP) is 3.91. The molecule has 37 heavy (non-hydrogen) atoms. The third-order valence-corrected chi connectivity index (χ3v) is 7.86. The smallest absolute Gasteiger partial charge is 0.343 e. The van der Waals surface area contributed by atoms with Crippen molar-refractivity contribution in [3.63, 3.8) is 0 Å². The Morgan fingerprint density at radius 1 is 1.11 bits per heavy atom. The number of urea groups is 1. The van der Waals surface area contributed by atoms with Gasteiger partial charge in [-0.25, -0.2) is 14.8 Å². The van der Waals surface area contributed by atoms with Crippen molar-refractivity contribution in [3.05, 3.63) is 35.5 Å². The minimum absolute atomic E-state index is 0.0335. The van der Waals surface area contributed by atoms with Crippen LogP contribution in [0.25, 0.3) is 0 Å². The second-order valence-corrected chi connectivity index (χ2v) is 10.4. The fourth-order valence-electron chi connectivity index (χ4n) is 5.61. The monoisotopic (exact) mass is 506 g/mol. The van der Waals surface area contributed by atoms with Crippen molar-refractivity contribution < 1.29 is 9.59 Å². The average molecular weight is 507 g/mol. The van der Waals surface area contributed by atoms with E-state index in [1.807, 2.05) is 32.0 Å². The molecule has 1 saturated heterocycles. The molecule has 2 fully saturated rings. The third kappa shape index (κ3) is 5.07. The number of aromatic nitrogens is 2. The lowest BCUT2D eigenvalue weighted by atomic mass is 10.0. The summed E-state index contributed by atoms with van der Waals surface area (Å²) in [5, 5.41) is 10.4. The van der Waals surface area contributed by atoms with Crippen LogP contribution in [0.1, 0.15) is 61.4 Å². The number of amides is 3. The van der Waals surface area contributed by atoms with Crippen molar-refractivity contribution in [2.45, 2.75) is 64.5 Å². The van der Waals surface area contributed by atoms with Gasteiger partial charge in [-0.15, -0.1) is 0 Å². The maximum absolute atomic E-state index is 13.0. The molecular weight excluding hydrogens is 468 g/mol. The summed E-state index contributed by atoms with van der Waals surface area (Å²) in [6.45, 7) is 6.56. The molecule has 2 aromatic rings. The number of hydrazine groups is 1. The highest BCUT2D eigenvalue weighted by atomic mass is 16.2. The Morgan fingerprint density at radius 2 is 1.84 bits per heavy atom. The number of hydrogen-bond acceptors (Lipinski definition) is 7. The summed E-state index contributed by atoms with van der Waals surface area (Å²) in [4.78, 5) is 39.2. The van der Waals surface area contributed by atoms with Gasteiger partial charge in [-0.1, -0.05) is 12.8 Å². The van der Waals surface area contributed by atoms with Gasteiger partial charge in [0.05, 0.1) is 12.2 Å². The number of rotatable bonds is 6. The summed E-state index contributed by atoms with van der Waals surface area (Å²) < 4.78 is 0. The maximum atomic E-state index is 13.0. The number of nitrogens with one attached hydrogen (secondary N) is 2. The summed E-state index contributed by atoms with van der Waals surface area (Å²) in [6, 6.07) is 6.07. The molecule has 0 bridgehead atoms. The SMILES string of the molecule is CCN1C(=O)N(C)c2cnc(Nc3ccc(C(=O)NC4CCN(C)CC4)cc3C)nc2N1C1CCCC1. The van der Waals surface area contributed by atoms with Gasteiger partial charge in [0, 0.05) is 30.9 Å². The molecule has 3 amide bonds. The minimum Gasteiger partial charge on any atom is -0.349 e. The highest BCUT2D eigenvalue weighted by Gasteiger charge is 2.39. The molecule has 0 spiro atoms. The molecule has 0 atom stereocenters. The van der Waals surface area contributed by atoms with E-state index in [1.54, 1.807) is 23.2 Å². The third-order valence-electron chi connectivity index (χ3n) is 7.86. The minimum atomic E-state index is -0.0591. The van der Waals surface area contributed by atoms with Crippen LogP contribution in [0, 0.1) is 6.92 Å². The predicted molar refractivity (Wildman–Crippen MR) is 145 cm³/mol. The van der Waals surface area contributed by atoms with Crippen LogP contribution >= 0.6 is 0 Å². The van der Waals surface area contributed by atoms with Crippen LogP contribution in [-0.4, -0.2) is 77.6 Å². The van der Waals surface area contributed by atoms with Crippen molar-refractivity contribution in [1.82, 2.24) is 25.2 Å². The van der Waals surface area contributed by atoms with Crippen molar-refractivity contribution in [1.29, 1.82) is 0 Å². The Hall–Kier alpha value is -3.40. The Kier molecular flexibility index (Phi) is 7.19. The van der Waals surface area contributed by atoms with Gasteiger partial charge >= 0.3 is 6.03 Å². The first kappa shape index (κ1) is 25.3. The number of piperidine rings is 1. The zero-order chi connectivity index (χ0) is 26.1. The molecule has 0 radical (unpaired) electrons.